The first-order valence-electron chi connectivity index (χ1n) is 9.50. The van der Waals surface area contributed by atoms with Crippen LogP contribution in [-0.4, -0.2) is 32.1 Å². The van der Waals surface area contributed by atoms with Crippen LogP contribution in [0.3, 0.4) is 0 Å². The maximum absolute atomic E-state index is 12.7. The van der Waals surface area contributed by atoms with E-state index in [0.717, 1.165) is 22.7 Å². The molecule has 1 N–H and O–H groups in total. The molecule has 0 aliphatic carbocycles. The third-order valence-electron chi connectivity index (χ3n) is 4.92. The number of carbonyl (C=O) groups excluding carboxylic acids is 2. The second kappa shape index (κ2) is 8.78. The Labute approximate surface area is 165 Å². The van der Waals surface area contributed by atoms with Gasteiger partial charge in [0.05, 0.1) is 25.7 Å². The summed E-state index contributed by atoms with van der Waals surface area (Å²) < 4.78 is 10.8. The fourth-order valence-electron chi connectivity index (χ4n) is 3.45. The number of para-hydroxylation sites is 1. The van der Waals surface area contributed by atoms with Crippen LogP contribution in [0.25, 0.3) is 0 Å². The van der Waals surface area contributed by atoms with Crippen molar-refractivity contribution in [3.8, 4) is 11.5 Å². The molecule has 0 aromatic heterocycles. The van der Waals surface area contributed by atoms with E-state index < -0.39 is 0 Å². The van der Waals surface area contributed by atoms with E-state index in [1.54, 1.807) is 12.0 Å². The minimum atomic E-state index is -0.378. The van der Waals surface area contributed by atoms with Crippen LogP contribution >= 0.6 is 0 Å². The largest absolute Gasteiger partial charge is 0.496 e. The molecule has 0 bridgehead atoms. The number of nitrogens with zero attached hydrogens (tertiary/aromatic N) is 1. The number of hydrogen-bond donors (Lipinski definition) is 1. The molecule has 2 atom stereocenters. The predicted octanol–water partition coefficient (Wildman–Crippen LogP) is 3.32. The van der Waals surface area contributed by atoms with E-state index in [9.17, 15) is 9.59 Å². The number of hydrogen-bond acceptors (Lipinski definition) is 4. The topological polar surface area (TPSA) is 67.9 Å². The van der Waals surface area contributed by atoms with E-state index in [4.69, 9.17) is 9.47 Å². The SMILES string of the molecule is CCOc1ccc(N2C[C@@H](C(=O)N[C@H](C)c3ccccc3OC)CC2=O)cc1. The highest BCUT2D eigenvalue weighted by atomic mass is 16.5. The highest BCUT2D eigenvalue weighted by Gasteiger charge is 2.35. The lowest BCUT2D eigenvalue weighted by atomic mass is 10.0. The normalized spacial score (nSPS) is 17.3. The number of anilines is 1. The number of amides is 2. The van der Waals surface area contributed by atoms with Crippen LogP contribution in [0.15, 0.2) is 48.5 Å². The highest BCUT2D eigenvalue weighted by molar-refractivity contribution is 6.00. The molecule has 0 radical (unpaired) electrons. The van der Waals surface area contributed by atoms with Crippen LogP contribution in [0.2, 0.25) is 0 Å². The van der Waals surface area contributed by atoms with Crippen molar-refractivity contribution < 1.29 is 19.1 Å². The third kappa shape index (κ3) is 4.27. The van der Waals surface area contributed by atoms with Crippen molar-refractivity contribution in [3.05, 3.63) is 54.1 Å². The maximum Gasteiger partial charge on any atom is 0.227 e. The third-order valence-corrected chi connectivity index (χ3v) is 4.92. The Morgan fingerprint density at radius 2 is 1.93 bits per heavy atom. The molecule has 2 amide bonds. The molecule has 1 heterocycles. The predicted molar refractivity (Wildman–Crippen MR) is 108 cm³/mol. The molecule has 1 aliphatic heterocycles. The van der Waals surface area contributed by atoms with Gasteiger partial charge in [-0.15, -0.1) is 0 Å². The quantitative estimate of drug-likeness (QED) is 0.798. The van der Waals surface area contributed by atoms with Crippen molar-refractivity contribution in [2.45, 2.75) is 26.3 Å². The first-order chi connectivity index (χ1) is 13.5. The lowest BCUT2D eigenvalue weighted by molar-refractivity contribution is -0.126. The Kier molecular flexibility index (Phi) is 6.19. The number of rotatable bonds is 7. The van der Waals surface area contributed by atoms with Crippen LogP contribution < -0.4 is 19.7 Å². The summed E-state index contributed by atoms with van der Waals surface area (Å²) in [4.78, 5) is 26.9. The molecule has 1 fully saturated rings. The zero-order valence-corrected chi connectivity index (χ0v) is 16.5. The molecule has 2 aromatic rings. The van der Waals surface area contributed by atoms with Crippen molar-refractivity contribution in [3.63, 3.8) is 0 Å². The Balaban J connectivity index is 1.64. The summed E-state index contributed by atoms with van der Waals surface area (Å²) in [5.41, 5.74) is 1.69. The van der Waals surface area contributed by atoms with Gasteiger partial charge in [-0.25, -0.2) is 0 Å². The van der Waals surface area contributed by atoms with Gasteiger partial charge < -0.3 is 19.7 Å². The van der Waals surface area contributed by atoms with Gasteiger partial charge in [-0.05, 0) is 44.2 Å². The second-order valence-corrected chi connectivity index (χ2v) is 6.80. The fourth-order valence-corrected chi connectivity index (χ4v) is 3.45. The number of nitrogens with one attached hydrogen (secondary N) is 1. The van der Waals surface area contributed by atoms with Crippen molar-refractivity contribution in [2.24, 2.45) is 5.92 Å². The molecule has 1 saturated heterocycles. The second-order valence-electron chi connectivity index (χ2n) is 6.80. The number of methoxy groups -OCH3 is 1. The Bertz CT molecular complexity index is 835. The van der Waals surface area contributed by atoms with Gasteiger partial charge in [0.15, 0.2) is 0 Å². The molecule has 1 aliphatic rings. The maximum atomic E-state index is 12.7. The first kappa shape index (κ1) is 19.7. The minimum Gasteiger partial charge on any atom is -0.496 e. The van der Waals surface area contributed by atoms with Gasteiger partial charge >= 0.3 is 0 Å². The van der Waals surface area contributed by atoms with E-state index in [2.05, 4.69) is 5.32 Å². The van der Waals surface area contributed by atoms with E-state index in [1.165, 1.54) is 0 Å². The van der Waals surface area contributed by atoms with Gasteiger partial charge in [-0.2, -0.15) is 0 Å². The van der Waals surface area contributed by atoms with Crippen molar-refractivity contribution in [2.75, 3.05) is 25.2 Å². The van der Waals surface area contributed by atoms with Crippen LogP contribution in [0, 0.1) is 5.92 Å². The summed E-state index contributed by atoms with van der Waals surface area (Å²) in [5, 5.41) is 3.01. The monoisotopic (exact) mass is 382 g/mol. The molecule has 148 valence electrons. The Morgan fingerprint density at radius 3 is 2.61 bits per heavy atom. The van der Waals surface area contributed by atoms with Gasteiger partial charge in [0.2, 0.25) is 11.8 Å². The Morgan fingerprint density at radius 1 is 1.21 bits per heavy atom. The number of ether oxygens (including phenoxy) is 2. The van der Waals surface area contributed by atoms with E-state index in [0.29, 0.717) is 13.2 Å². The molecule has 6 nitrogen and oxygen atoms in total. The van der Waals surface area contributed by atoms with Gasteiger partial charge in [0.1, 0.15) is 11.5 Å². The van der Waals surface area contributed by atoms with Gasteiger partial charge in [0.25, 0.3) is 0 Å². The lowest BCUT2D eigenvalue weighted by Gasteiger charge is -2.20. The number of carbonyl (C=O) groups is 2. The summed E-state index contributed by atoms with van der Waals surface area (Å²) in [6, 6.07) is 14.8. The standard InChI is InChI=1S/C22H26N2O4/c1-4-28-18-11-9-17(10-12-18)24-14-16(13-21(24)25)22(26)23-15(2)19-7-5-6-8-20(19)27-3/h5-12,15-16H,4,13-14H2,1-3H3,(H,23,26)/t15-,16+/m1/s1. The summed E-state index contributed by atoms with van der Waals surface area (Å²) >= 11 is 0. The van der Waals surface area contributed by atoms with E-state index in [1.807, 2.05) is 62.4 Å². The molecule has 2 aromatic carbocycles. The zero-order valence-electron chi connectivity index (χ0n) is 16.5. The summed E-state index contributed by atoms with van der Waals surface area (Å²) in [6.07, 6.45) is 0.206. The molecule has 6 heteroatoms. The van der Waals surface area contributed by atoms with Crippen LogP contribution in [0.5, 0.6) is 11.5 Å². The van der Waals surface area contributed by atoms with E-state index in [-0.39, 0.29) is 30.2 Å². The van der Waals surface area contributed by atoms with E-state index >= 15 is 0 Å². The first-order valence-corrected chi connectivity index (χ1v) is 9.50. The zero-order chi connectivity index (χ0) is 20.1. The summed E-state index contributed by atoms with van der Waals surface area (Å²) in [5.74, 6) is 0.942. The van der Waals surface area contributed by atoms with Gasteiger partial charge in [0, 0.05) is 24.2 Å². The molecular weight excluding hydrogens is 356 g/mol. The minimum absolute atomic E-state index is 0.0470. The molecule has 3 rings (SSSR count). The molecule has 28 heavy (non-hydrogen) atoms. The molecule has 0 spiro atoms. The van der Waals surface area contributed by atoms with Crippen LogP contribution in [0.4, 0.5) is 5.69 Å². The molecular formula is C22H26N2O4. The summed E-state index contributed by atoms with van der Waals surface area (Å²) in [7, 11) is 1.61. The average molecular weight is 382 g/mol. The van der Waals surface area contributed by atoms with Crippen LogP contribution in [0.1, 0.15) is 31.9 Å². The van der Waals surface area contributed by atoms with Crippen molar-refractivity contribution in [1.82, 2.24) is 5.32 Å². The highest BCUT2D eigenvalue weighted by Crippen LogP contribution is 2.29. The van der Waals surface area contributed by atoms with Gasteiger partial charge in [-0.1, -0.05) is 18.2 Å². The van der Waals surface area contributed by atoms with Gasteiger partial charge in [-0.3, -0.25) is 9.59 Å². The molecule has 0 saturated carbocycles. The smallest absolute Gasteiger partial charge is 0.227 e. The number of benzene rings is 2. The lowest BCUT2D eigenvalue weighted by Crippen LogP contribution is -2.34. The fraction of sp³-hybridized carbons (Fsp3) is 0.364. The Hall–Kier alpha value is -3.02. The summed E-state index contributed by atoms with van der Waals surface area (Å²) in [6.45, 7) is 4.80. The molecule has 0 unspecified atom stereocenters. The van der Waals surface area contributed by atoms with Crippen molar-refractivity contribution in [1.29, 1.82) is 0 Å². The average Bonchev–Trinajstić information content (AvgIpc) is 3.10. The van der Waals surface area contributed by atoms with Crippen LogP contribution in [-0.2, 0) is 9.59 Å². The van der Waals surface area contributed by atoms with Crippen molar-refractivity contribution >= 4 is 17.5 Å².